The second-order valence-electron chi connectivity index (χ2n) is 6.93. The number of aliphatic hydroxyl groups excluding tert-OH is 2. The highest BCUT2D eigenvalue weighted by atomic mass is 16.5. The van der Waals surface area contributed by atoms with Crippen molar-refractivity contribution in [3.05, 3.63) is 65.7 Å². The number of nitrogens with one attached hydrogen (secondary N) is 1. The largest absolute Gasteiger partial charge is 0.494 e. The summed E-state index contributed by atoms with van der Waals surface area (Å²) in [6, 6.07) is 16.3. The summed E-state index contributed by atoms with van der Waals surface area (Å²) in [7, 11) is 0. The molecule has 0 aromatic heterocycles. The smallest absolute Gasteiger partial charge is 0.407 e. The molecule has 158 valence electrons. The van der Waals surface area contributed by atoms with Crippen LogP contribution < -0.4 is 10.1 Å². The van der Waals surface area contributed by atoms with Gasteiger partial charge < -0.3 is 25.0 Å². The fraction of sp³-hybridized carbons (Fsp3) is 0.435. The molecule has 2 atom stereocenters. The third kappa shape index (κ3) is 8.54. The van der Waals surface area contributed by atoms with E-state index < -0.39 is 18.3 Å². The van der Waals surface area contributed by atoms with Crippen LogP contribution in [0.15, 0.2) is 54.6 Å². The molecule has 0 saturated heterocycles. The highest BCUT2D eigenvalue weighted by molar-refractivity contribution is 5.67. The van der Waals surface area contributed by atoms with Gasteiger partial charge in [-0.15, -0.1) is 0 Å². The van der Waals surface area contributed by atoms with Gasteiger partial charge in [0.25, 0.3) is 0 Å². The van der Waals surface area contributed by atoms with Crippen molar-refractivity contribution in [2.24, 2.45) is 0 Å². The Balaban J connectivity index is 1.70. The highest BCUT2D eigenvalue weighted by Gasteiger charge is 2.19. The number of hydrogen-bond acceptors (Lipinski definition) is 5. The lowest BCUT2D eigenvalue weighted by molar-refractivity contribution is 0.0184. The number of ether oxygens (including phenoxy) is 2. The first kappa shape index (κ1) is 22.7. The lowest BCUT2D eigenvalue weighted by atomic mass is 10.0. The van der Waals surface area contributed by atoms with E-state index in [9.17, 15) is 15.0 Å². The lowest BCUT2D eigenvalue weighted by Crippen LogP contribution is -2.35. The predicted octanol–water partition coefficient (Wildman–Crippen LogP) is 3.97. The molecule has 0 aliphatic rings. The van der Waals surface area contributed by atoms with E-state index in [1.165, 1.54) is 12.8 Å². The van der Waals surface area contributed by atoms with Gasteiger partial charge in [-0.25, -0.2) is 4.79 Å². The third-order valence-electron chi connectivity index (χ3n) is 4.52. The van der Waals surface area contributed by atoms with E-state index in [0.717, 1.165) is 24.2 Å². The van der Waals surface area contributed by atoms with Crippen LogP contribution in [0.5, 0.6) is 5.75 Å². The Morgan fingerprint density at radius 2 is 1.72 bits per heavy atom. The maximum absolute atomic E-state index is 11.7. The van der Waals surface area contributed by atoms with E-state index in [1.54, 1.807) is 24.3 Å². The summed E-state index contributed by atoms with van der Waals surface area (Å²) in [4.78, 5) is 11.7. The number of aliphatic hydroxyl groups is 2. The molecule has 0 aliphatic carbocycles. The van der Waals surface area contributed by atoms with Crippen molar-refractivity contribution < 1.29 is 24.5 Å². The zero-order valence-corrected chi connectivity index (χ0v) is 16.9. The maximum Gasteiger partial charge on any atom is 0.407 e. The van der Waals surface area contributed by atoms with Crippen LogP contribution in [0.1, 0.15) is 49.8 Å². The molecule has 6 nitrogen and oxygen atoms in total. The second-order valence-corrected chi connectivity index (χ2v) is 6.93. The standard InChI is InChI=1S/C23H31NO5/c1-2-3-4-8-15-28-20-13-11-19(12-14-20)22(26)21(25)16-24-23(27)29-17-18-9-6-5-7-10-18/h5-7,9-14,21-22,25-26H,2-4,8,15-17H2,1H3,(H,24,27). The Bertz CT molecular complexity index is 705. The molecule has 3 N–H and O–H groups in total. The molecule has 0 heterocycles. The summed E-state index contributed by atoms with van der Waals surface area (Å²) in [6.07, 6.45) is 1.65. The van der Waals surface area contributed by atoms with Gasteiger partial charge in [0, 0.05) is 6.54 Å². The third-order valence-corrected chi connectivity index (χ3v) is 4.52. The van der Waals surface area contributed by atoms with Crippen molar-refractivity contribution >= 4 is 6.09 Å². The minimum atomic E-state index is -1.15. The molecule has 0 fully saturated rings. The van der Waals surface area contributed by atoms with Crippen LogP contribution in [0, 0.1) is 0 Å². The Labute approximate surface area is 172 Å². The summed E-state index contributed by atoms with van der Waals surface area (Å²) in [5, 5.41) is 22.9. The van der Waals surface area contributed by atoms with Crippen LogP contribution in [0.4, 0.5) is 4.79 Å². The van der Waals surface area contributed by atoms with Crippen LogP contribution in [0.2, 0.25) is 0 Å². The Morgan fingerprint density at radius 1 is 1.00 bits per heavy atom. The van der Waals surface area contributed by atoms with Crippen molar-refractivity contribution in [3.8, 4) is 5.75 Å². The van der Waals surface area contributed by atoms with E-state index in [0.29, 0.717) is 12.2 Å². The molecule has 0 saturated carbocycles. The summed E-state index contributed by atoms with van der Waals surface area (Å²) in [5.74, 6) is 0.731. The number of rotatable bonds is 12. The minimum Gasteiger partial charge on any atom is -0.494 e. The van der Waals surface area contributed by atoms with Crippen LogP contribution in [0.3, 0.4) is 0 Å². The fourth-order valence-electron chi connectivity index (χ4n) is 2.78. The van der Waals surface area contributed by atoms with Gasteiger partial charge >= 0.3 is 6.09 Å². The average molecular weight is 402 g/mol. The fourth-order valence-corrected chi connectivity index (χ4v) is 2.78. The molecule has 29 heavy (non-hydrogen) atoms. The lowest BCUT2D eigenvalue weighted by Gasteiger charge is -2.19. The van der Waals surface area contributed by atoms with Gasteiger partial charge in [0.2, 0.25) is 0 Å². The summed E-state index contributed by atoms with van der Waals surface area (Å²) < 4.78 is 10.8. The first-order valence-electron chi connectivity index (χ1n) is 10.1. The Kier molecular flexibility index (Phi) is 10.0. The molecule has 2 rings (SSSR count). The van der Waals surface area contributed by atoms with Crippen LogP contribution >= 0.6 is 0 Å². The van der Waals surface area contributed by atoms with Gasteiger partial charge in [0.15, 0.2) is 0 Å². The molecular formula is C23H31NO5. The number of alkyl carbamates (subject to hydrolysis) is 1. The van der Waals surface area contributed by atoms with Crippen molar-refractivity contribution in [1.29, 1.82) is 0 Å². The van der Waals surface area contributed by atoms with E-state index in [-0.39, 0.29) is 13.2 Å². The van der Waals surface area contributed by atoms with Gasteiger partial charge in [-0.3, -0.25) is 0 Å². The van der Waals surface area contributed by atoms with Gasteiger partial charge in [-0.05, 0) is 29.7 Å². The highest BCUT2D eigenvalue weighted by Crippen LogP contribution is 2.20. The Hall–Kier alpha value is -2.57. The normalized spacial score (nSPS) is 12.8. The molecule has 0 bridgehead atoms. The van der Waals surface area contributed by atoms with Gasteiger partial charge in [0.05, 0.1) is 6.61 Å². The molecule has 0 aliphatic heterocycles. The van der Waals surface area contributed by atoms with Gasteiger partial charge in [0.1, 0.15) is 24.6 Å². The SMILES string of the molecule is CCCCCCOc1ccc(C(O)C(O)CNC(=O)OCc2ccccc2)cc1. The van der Waals surface area contributed by atoms with Gasteiger partial charge in [-0.2, -0.15) is 0 Å². The van der Waals surface area contributed by atoms with Crippen molar-refractivity contribution in [2.45, 2.75) is 51.4 Å². The minimum absolute atomic E-state index is 0.121. The number of carbonyl (C=O) groups excluding carboxylic acids is 1. The van der Waals surface area contributed by atoms with Crippen molar-refractivity contribution in [2.75, 3.05) is 13.2 Å². The van der Waals surface area contributed by atoms with Crippen LogP contribution in [-0.4, -0.2) is 35.6 Å². The zero-order valence-electron chi connectivity index (χ0n) is 16.9. The monoisotopic (exact) mass is 401 g/mol. The number of hydrogen-bond donors (Lipinski definition) is 3. The first-order chi connectivity index (χ1) is 14.1. The molecule has 2 aromatic carbocycles. The second kappa shape index (κ2) is 12.8. The van der Waals surface area contributed by atoms with Crippen LogP contribution in [0.25, 0.3) is 0 Å². The number of carbonyl (C=O) groups is 1. The average Bonchev–Trinajstić information content (AvgIpc) is 2.76. The Morgan fingerprint density at radius 3 is 2.41 bits per heavy atom. The molecule has 6 heteroatoms. The first-order valence-corrected chi connectivity index (χ1v) is 10.1. The predicted molar refractivity (Wildman–Crippen MR) is 112 cm³/mol. The zero-order chi connectivity index (χ0) is 20.9. The maximum atomic E-state index is 11.7. The van der Waals surface area contributed by atoms with Crippen LogP contribution in [-0.2, 0) is 11.3 Å². The summed E-state index contributed by atoms with van der Waals surface area (Å²) in [5.41, 5.74) is 1.42. The van der Waals surface area contributed by atoms with E-state index in [1.807, 2.05) is 30.3 Å². The van der Waals surface area contributed by atoms with E-state index in [4.69, 9.17) is 9.47 Å². The number of unbranched alkanes of at least 4 members (excludes halogenated alkanes) is 3. The summed E-state index contributed by atoms with van der Waals surface area (Å²) in [6.45, 7) is 2.86. The molecule has 0 radical (unpaired) electrons. The molecule has 2 unspecified atom stereocenters. The van der Waals surface area contributed by atoms with Crippen molar-refractivity contribution in [1.82, 2.24) is 5.32 Å². The quantitative estimate of drug-likeness (QED) is 0.469. The molecule has 1 amide bonds. The number of amides is 1. The summed E-state index contributed by atoms with van der Waals surface area (Å²) >= 11 is 0. The van der Waals surface area contributed by atoms with E-state index >= 15 is 0 Å². The van der Waals surface area contributed by atoms with Gasteiger partial charge in [-0.1, -0.05) is 68.7 Å². The van der Waals surface area contributed by atoms with Crippen molar-refractivity contribution in [3.63, 3.8) is 0 Å². The topological polar surface area (TPSA) is 88.0 Å². The molecular weight excluding hydrogens is 370 g/mol. The molecule has 2 aromatic rings. The van der Waals surface area contributed by atoms with E-state index in [2.05, 4.69) is 12.2 Å². The molecule has 0 spiro atoms. The number of benzene rings is 2.